The van der Waals surface area contributed by atoms with Gasteiger partial charge >= 0.3 is 0 Å². The second-order valence-corrected chi connectivity index (χ2v) is 7.21. The van der Waals surface area contributed by atoms with E-state index in [1.807, 2.05) is 93.2 Å². The summed E-state index contributed by atoms with van der Waals surface area (Å²) in [6.45, 7) is 7.97. The molecule has 0 saturated carbocycles. The van der Waals surface area contributed by atoms with Crippen LogP contribution in [0, 0.1) is 6.92 Å². The number of ether oxygens (including phenoxy) is 1. The summed E-state index contributed by atoms with van der Waals surface area (Å²) >= 11 is 0. The maximum Gasteiger partial charge on any atom is 0.224 e. The van der Waals surface area contributed by atoms with Gasteiger partial charge in [0, 0.05) is 11.3 Å². The standard InChI is InChI=1S/C23H27N3O2/c1-16(2)28-21-12-8-9-19(13-21)14-23(27)25-17(3)22-15-24-26(18(22)4)20-10-6-5-7-11-20/h5-13,15-17H,14H2,1-4H3,(H,25,27). The molecule has 1 heterocycles. The highest BCUT2D eigenvalue weighted by molar-refractivity contribution is 5.79. The second kappa shape index (κ2) is 8.74. The topological polar surface area (TPSA) is 56.1 Å². The number of carbonyl (C=O) groups excluding carboxylic acids is 1. The number of hydrogen-bond acceptors (Lipinski definition) is 3. The predicted octanol–water partition coefficient (Wildman–Crippen LogP) is 4.39. The fourth-order valence-corrected chi connectivity index (χ4v) is 3.23. The molecular formula is C23H27N3O2. The van der Waals surface area contributed by atoms with Crippen LogP contribution >= 0.6 is 0 Å². The van der Waals surface area contributed by atoms with Gasteiger partial charge in [0.05, 0.1) is 30.5 Å². The van der Waals surface area contributed by atoms with E-state index in [0.29, 0.717) is 6.42 Å². The molecule has 0 aliphatic rings. The maximum absolute atomic E-state index is 12.5. The lowest BCUT2D eigenvalue weighted by Gasteiger charge is -2.15. The Labute approximate surface area is 166 Å². The Kier molecular flexibility index (Phi) is 6.14. The van der Waals surface area contributed by atoms with E-state index in [-0.39, 0.29) is 18.1 Å². The fourth-order valence-electron chi connectivity index (χ4n) is 3.23. The number of carbonyl (C=O) groups is 1. The van der Waals surface area contributed by atoms with Crippen LogP contribution < -0.4 is 10.1 Å². The van der Waals surface area contributed by atoms with Crippen LogP contribution in [0.3, 0.4) is 0 Å². The molecule has 1 aromatic heterocycles. The molecule has 1 amide bonds. The van der Waals surface area contributed by atoms with E-state index in [1.165, 1.54) is 0 Å². The lowest BCUT2D eigenvalue weighted by molar-refractivity contribution is -0.121. The summed E-state index contributed by atoms with van der Waals surface area (Å²) < 4.78 is 7.60. The highest BCUT2D eigenvalue weighted by Crippen LogP contribution is 2.20. The molecule has 5 heteroatoms. The quantitative estimate of drug-likeness (QED) is 0.664. The molecule has 0 bridgehead atoms. The summed E-state index contributed by atoms with van der Waals surface area (Å²) in [6.07, 6.45) is 2.24. The average Bonchev–Trinajstić information content (AvgIpc) is 3.03. The Hall–Kier alpha value is -3.08. The zero-order valence-corrected chi connectivity index (χ0v) is 16.8. The molecule has 3 rings (SSSR count). The second-order valence-electron chi connectivity index (χ2n) is 7.21. The van der Waals surface area contributed by atoms with E-state index in [1.54, 1.807) is 0 Å². The molecule has 3 aromatic rings. The van der Waals surface area contributed by atoms with E-state index in [0.717, 1.165) is 28.3 Å². The van der Waals surface area contributed by atoms with Gasteiger partial charge in [0.15, 0.2) is 0 Å². The Morgan fingerprint density at radius 3 is 2.57 bits per heavy atom. The lowest BCUT2D eigenvalue weighted by Crippen LogP contribution is -2.28. The van der Waals surface area contributed by atoms with E-state index < -0.39 is 0 Å². The van der Waals surface area contributed by atoms with Gasteiger partial charge in [-0.2, -0.15) is 5.10 Å². The van der Waals surface area contributed by atoms with Crippen LogP contribution in [-0.4, -0.2) is 21.8 Å². The van der Waals surface area contributed by atoms with Crippen molar-refractivity contribution in [1.29, 1.82) is 0 Å². The monoisotopic (exact) mass is 377 g/mol. The SMILES string of the molecule is Cc1c(C(C)NC(=O)Cc2cccc(OC(C)C)c2)cnn1-c1ccccc1. The zero-order chi connectivity index (χ0) is 20.1. The number of hydrogen-bond donors (Lipinski definition) is 1. The smallest absolute Gasteiger partial charge is 0.224 e. The number of para-hydroxylation sites is 1. The maximum atomic E-state index is 12.5. The number of nitrogens with one attached hydrogen (secondary N) is 1. The molecule has 1 unspecified atom stereocenters. The molecule has 28 heavy (non-hydrogen) atoms. The fraction of sp³-hybridized carbons (Fsp3) is 0.304. The first kappa shape index (κ1) is 19.7. The molecule has 2 aromatic carbocycles. The number of benzene rings is 2. The largest absolute Gasteiger partial charge is 0.491 e. The number of nitrogens with zero attached hydrogens (tertiary/aromatic N) is 2. The Balaban J connectivity index is 1.66. The third-order valence-electron chi connectivity index (χ3n) is 4.53. The normalized spacial score (nSPS) is 12.0. The molecule has 0 saturated heterocycles. The van der Waals surface area contributed by atoms with Gasteiger partial charge in [0.2, 0.25) is 5.91 Å². The summed E-state index contributed by atoms with van der Waals surface area (Å²) in [5.41, 5.74) is 3.96. The molecule has 146 valence electrons. The molecule has 1 N–H and O–H groups in total. The van der Waals surface area contributed by atoms with Crippen LogP contribution in [0.25, 0.3) is 5.69 Å². The van der Waals surface area contributed by atoms with Crippen molar-refractivity contribution in [3.63, 3.8) is 0 Å². The van der Waals surface area contributed by atoms with E-state index in [4.69, 9.17) is 4.74 Å². The van der Waals surface area contributed by atoms with Crippen molar-refractivity contribution in [3.8, 4) is 11.4 Å². The van der Waals surface area contributed by atoms with Crippen molar-refractivity contribution in [3.05, 3.63) is 77.6 Å². The van der Waals surface area contributed by atoms with Crippen LogP contribution in [0.15, 0.2) is 60.8 Å². The third kappa shape index (κ3) is 4.80. The Bertz CT molecular complexity index is 932. The van der Waals surface area contributed by atoms with Gasteiger partial charge in [-0.1, -0.05) is 30.3 Å². The minimum Gasteiger partial charge on any atom is -0.491 e. The molecule has 1 atom stereocenters. The van der Waals surface area contributed by atoms with Crippen molar-refractivity contribution >= 4 is 5.91 Å². The van der Waals surface area contributed by atoms with Crippen LogP contribution in [0.4, 0.5) is 0 Å². The van der Waals surface area contributed by atoms with Crippen LogP contribution in [0.2, 0.25) is 0 Å². The molecular weight excluding hydrogens is 350 g/mol. The summed E-state index contributed by atoms with van der Waals surface area (Å²) in [5.74, 6) is 0.759. The summed E-state index contributed by atoms with van der Waals surface area (Å²) in [4.78, 5) is 12.5. The van der Waals surface area contributed by atoms with Crippen molar-refractivity contribution in [2.75, 3.05) is 0 Å². The van der Waals surface area contributed by atoms with Gasteiger partial charge in [0.1, 0.15) is 5.75 Å². The van der Waals surface area contributed by atoms with Gasteiger partial charge in [-0.15, -0.1) is 0 Å². The minimum absolute atomic E-state index is 0.0268. The van der Waals surface area contributed by atoms with Crippen molar-refractivity contribution in [2.45, 2.75) is 46.3 Å². The summed E-state index contributed by atoms with van der Waals surface area (Å²) in [5, 5.41) is 7.56. The lowest BCUT2D eigenvalue weighted by atomic mass is 10.1. The Morgan fingerprint density at radius 2 is 1.86 bits per heavy atom. The predicted molar refractivity (Wildman–Crippen MR) is 111 cm³/mol. The molecule has 0 radical (unpaired) electrons. The van der Waals surface area contributed by atoms with Crippen LogP contribution in [-0.2, 0) is 11.2 Å². The van der Waals surface area contributed by atoms with E-state index in [9.17, 15) is 4.79 Å². The first-order chi connectivity index (χ1) is 13.4. The van der Waals surface area contributed by atoms with Crippen LogP contribution in [0.5, 0.6) is 5.75 Å². The van der Waals surface area contributed by atoms with Gasteiger partial charge in [-0.05, 0) is 57.5 Å². The van der Waals surface area contributed by atoms with Crippen molar-refractivity contribution in [1.82, 2.24) is 15.1 Å². The first-order valence-corrected chi connectivity index (χ1v) is 9.59. The van der Waals surface area contributed by atoms with E-state index in [2.05, 4.69) is 10.4 Å². The molecule has 0 aliphatic heterocycles. The van der Waals surface area contributed by atoms with Crippen molar-refractivity contribution < 1.29 is 9.53 Å². The summed E-state index contributed by atoms with van der Waals surface area (Å²) in [6, 6.07) is 17.5. The number of rotatable bonds is 7. The van der Waals surface area contributed by atoms with E-state index >= 15 is 0 Å². The zero-order valence-electron chi connectivity index (χ0n) is 16.8. The number of aromatic nitrogens is 2. The molecule has 0 fully saturated rings. The summed E-state index contributed by atoms with van der Waals surface area (Å²) in [7, 11) is 0. The van der Waals surface area contributed by atoms with Crippen LogP contribution in [0.1, 0.15) is 43.6 Å². The number of amides is 1. The molecule has 0 aliphatic carbocycles. The van der Waals surface area contributed by atoms with Gasteiger partial charge in [-0.3, -0.25) is 4.79 Å². The van der Waals surface area contributed by atoms with Gasteiger partial charge in [-0.25, -0.2) is 4.68 Å². The Morgan fingerprint density at radius 1 is 1.11 bits per heavy atom. The minimum atomic E-state index is -0.125. The highest BCUT2D eigenvalue weighted by atomic mass is 16.5. The first-order valence-electron chi connectivity index (χ1n) is 9.59. The average molecular weight is 377 g/mol. The molecule has 0 spiro atoms. The molecule has 5 nitrogen and oxygen atoms in total. The van der Waals surface area contributed by atoms with Crippen molar-refractivity contribution in [2.24, 2.45) is 0 Å². The highest BCUT2D eigenvalue weighted by Gasteiger charge is 2.16. The van der Waals surface area contributed by atoms with Gasteiger partial charge in [0.25, 0.3) is 0 Å². The third-order valence-corrected chi connectivity index (χ3v) is 4.53. The van der Waals surface area contributed by atoms with Gasteiger partial charge < -0.3 is 10.1 Å².